The molecule has 0 bridgehead atoms. The third kappa shape index (κ3) is 5.05. The second kappa shape index (κ2) is 9.15. The van der Waals surface area contributed by atoms with Crippen LogP contribution in [0.25, 0.3) is 5.69 Å². The van der Waals surface area contributed by atoms with E-state index in [1.165, 1.54) is 59.5 Å². The maximum Gasteiger partial charge on any atom is 0.258 e. The Bertz CT molecular complexity index is 1430. The molecule has 3 aromatic rings. The van der Waals surface area contributed by atoms with Crippen LogP contribution in [0.1, 0.15) is 42.7 Å². The number of piperidine rings is 1. The van der Waals surface area contributed by atoms with E-state index in [9.17, 15) is 18.5 Å². The molecule has 0 unspecified atom stereocenters. The Hall–Kier alpha value is -3.71. The van der Waals surface area contributed by atoms with Crippen molar-refractivity contribution < 1.29 is 13.2 Å². The van der Waals surface area contributed by atoms with Gasteiger partial charge < -0.3 is 9.64 Å². The van der Waals surface area contributed by atoms with Gasteiger partial charge in [-0.1, -0.05) is 0 Å². The van der Waals surface area contributed by atoms with Crippen molar-refractivity contribution in [3.8, 4) is 17.5 Å². The second-order valence-corrected chi connectivity index (χ2v) is 11.0. The molecule has 1 saturated carbocycles. The topological polar surface area (TPSA) is 118 Å². The van der Waals surface area contributed by atoms with E-state index >= 15 is 0 Å². The molecule has 1 aliphatic heterocycles. The van der Waals surface area contributed by atoms with Gasteiger partial charge in [0.15, 0.2) is 9.84 Å². The number of benzene rings is 1. The van der Waals surface area contributed by atoms with Crippen LogP contribution in [0, 0.1) is 11.3 Å². The summed E-state index contributed by atoms with van der Waals surface area (Å²) in [5.41, 5.74) is 1.54. The number of anilines is 1. The zero-order chi connectivity index (χ0) is 24.6. The van der Waals surface area contributed by atoms with Gasteiger partial charge >= 0.3 is 0 Å². The van der Waals surface area contributed by atoms with E-state index in [1.54, 1.807) is 0 Å². The van der Waals surface area contributed by atoms with Crippen molar-refractivity contribution in [1.82, 2.24) is 14.5 Å². The number of rotatable bonds is 6. The van der Waals surface area contributed by atoms with Gasteiger partial charge in [0.2, 0.25) is 5.95 Å². The number of aromatic nitrogens is 3. The minimum Gasteiger partial charge on any atom is -0.489 e. The van der Waals surface area contributed by atoms with Crippen molar-refractivity contribution >= 4 is 15.8 Å². The summed E-state index contributed by atoms with van der Waals surface area (Å²) in [5, 5.41) is 9.67. The highest BCUT2D eigenvalue weighted by Crippen LogP contribution is 2.39. The molecule has 5 rings (SSSR count). The molecule has 1 saturated heterocycles. The Balaban J connectivity index is 1.27. The van der Waals surface area contributed by atoms with Crippen LogP contribution in [0.3, 0.4) is 0 Å². The molecule has 1 aromatic carbocycles. The molecular formula is C25H25N5O4S. The van der Waals surface area contributed by atoms with Gasteiger partial charge in [-0.3, -0.25) is 9.36 Å². The lowest BCUT2D eigenvalue weighted by atomic mass is 10.1. The lowest BCUT2D eigenvalue weighted by Crippen LogP contribution is -2.39. The Morgan fingerprint density at radius 1 is 1.06 bits per heavy atom. The number of ether oxygens (including phenoxy) is 1. The minimum atomic E-state index is -3.34. The van der Waals surface area contributed by atoms with Crippen molar-refractivity contribution in [2.24, 2.45) is 0 Å². The molecule has 2 fully saturated rings. The van der Waals surface area contributed by atoms with Crippen molar-refractivity contribution in [1.29, 1.82) is 5.26 Å². The number of nitriles is 1. The largest absolute Gasteiger partial charge is 0.489 e. The Morgan fingerprint density at radius 2 is 1.71 bits per heavy atom. The SMILES string of the molecule is CS(=O)(=O)c1ccc(-n2cc(C#N)c(OC3CCN(c4ncc(C5CC5)cn4)CC3)cc2=O)cc1. The maximum atomic E-state index is 12.8. The van der Waals surface area contributed by atoms with E-state index in [0.717, 1.165) is 25.3 Å². The molecule has 0 N–H and O–H groups in total. The summed E-state index contributed by atoms with van der Waals surface area (Å²) in [5.74, 6) is 1.60. The average molecular weight is 492 g/mol. The van der Waals surface area contributed by atoms with E-state index in [0.29, 0.717) is 24.4 Å². The third-order valence-electron chi connectivity index (χ3n) is 6.40. The van der Waals surface area contributed by atoms with Crippen LogP contribution in [0.2, 0.25) is 0 Å². The highest BCUT2D eigenvalue weighted by molar-refractivity contribution is 7.90. The molecule has 10 heteroatoms. The van der Waals surface area contributed by atoms with Crippen LogP contribution >= 0.6 is 0 Å². The fraction of sp³-hybridized carbons (Fsp3) is 0.360. The zero-order valence-electron chi connectivity index (χ0n) is 19.3. The van der Waals surface area contributed by atoms with Crippen molar-refractivity contribution in [2.75, 3.05) is 24.2 Å². The average Bonchev–Trinajstić information content (AvgIpc) is 3.70. The zero-order valence-corrected chi connectivity index (χ0v) is 20.1. The molecule has 0 atom stereocenters. The molecule has 0 amide bonds. The second-order valence-electron chi connectivity index (χ2n) is 9.03. The van der Waals surface area contributed by atoms with Gasteiger partial charge in [0.05, 0.1) is 4.90 Å². The van der Waals surface area contributed by atoms with E-state index in [4.69, 9.17) is 4.74 Å². The molecule has 2 aromatic heterocycles. The van der Waals surface area contributed by atoms with E-state index in [2.05, 4.69) is 20.9 Å². The molecule has 3 heterocycles. The summed E-state index contributed by atoms with van der Waals surface area (Å²) in [4.78, 5) is 24.1. The molecule has 35 heavy (non-hydrogen) atoms. The lowest BCUT2D eigenvalue weighted by molar-refractivity contribution is 0.169. The van der Waals surface area contributed by atoms with Crippen LogP contribution in [0.4, 0.5) is 5.95 Å². The first-order valence-corrected chi connectivity index (χ1v) is 13.4. The van der Waals surface area contributed by atoms with E-state index in [1.807, 2.05) is 12.4 Å². The Kier molecular flexibility index (Phi) is 6.03. The molecule has 0 spiro atoms. The van der Waals surface area contributed by atoms with Crippen molar-refractivity contribution in [2.45, 2.75) is 42.6 Å². The van der Waals surface area contributed by atoms with Gasteiger partial charge in [-0.15, -0.1) is 0 Å². The lowest BCUT2D eigenvalue weighted by Gasteiger charge is -2.32. The number of nitrogens with zero attached hydrogens (tertiary/aromatic N) is 5. The summed E-state index contributed by atoms with van der Waals surface area (Å²) < 4.78 is 30.8. The summed E-state index contributed by atoms with van der Waals surface area (Å²) in [6.45, 7) is 1.44. The predicted octanol–water partition coefficient (Wildman–Crippen LogP) is 2.83. The molecule has 0 radical (unpaired) electrons. The summed E-state index contributed by atoms with van der Waals surface area (Å²) in [6, 6.07) is 9.36. The first-order chi connectivity index (χ1) is 16.8. The minimum absolute atomic E-state index is 0.131. The fourth-order valence-corrected chi connectivity index (χ4v) is 4.86. The Labute approximate surface area is 203 Å². The first-order valence-electron chi connectivity index (χ1n) is 11.5. The molecule has 180 valence electrons. The third-order valence-corrected chi connectivity index (χ3v) is 7.53. The van der Waals surface area contributed by atoms with Gasteiger partial charge in [-0.2, -0.15) is 5.26 Å². The van der Waals surface area contributed by atoms with Gasteiger partial charge in [-0.05, 0) is 48.6 Å². The predicted molar refractivity (Wildman–Crippen MR) is 130 cm³/mol. The van der Waals surface area contributed by atoms with Crippen LogP contribution in [-0.2, 0) is 9.84 Å². The summed E-state index contributed by atoms with van der Waals surface area (Å²) in [7, 11) is -3.34. The van der Waals surface area contributed by atoms with Gasteiger partial charge in [0.25, 0.3) is 5.56 Å². The highest BCUT2D eigenvalue weighted by Gasteiger charge is 2.26. The Morgan fingerprint density at radius 3 is 2.29 bits per heavy atom. The quantitative estimate of drug-likeness (QED) is 0.517. The van der Waals surface area contributed by atoms with Gasteiger partial charge in [0.1, 0.15) is 23.5 Å². The summed E-state index contributed by atoms with van der Waals surface area (Å²) in [6.07, 6.45) is 10.1. The van der Waals surface area contributed by atoms with Gasteiger partial charge in [0, 0.05) is 62.5 Å². The van der Waals surface area contributed by atoms with Gasteiger partial charge in [-0.25, -0.2) is 18.4 Å². The first kappa shape index (κ1) is 23.1. The summed E-state index contributed by atoms with van der Waals surface area (Å²) >= 11 is 0. The number of pyridine rings is 1. The maximum absolute atomic E-state index is 12.8. The number of hydrogen-bond donors (Lipinski definition) is 0. The van der Waals surface area contributed by atoms with Crippen LogP contribution in [-0.4, -0.2) is 48.4 Å². The standard InChI is InChI=1S/C25H25N5O4S/c1-35(32,33)22-6-4-20(5-7-22)30-16-18(13-26)23(12-24(30)31)34-21-8-10-29(11-9-21)25-27-14-19(15-28-25)17-2-3-17/h4-7,12,14-17,21H,2-3,8-11H2,1H3. The van der Waals surface area contributed by atoms with Crippen molar-refractivity contribution in [3.63, 3.8) is 0 Å². The van der Waals surface area contributed by atoms with E-state index < -0.39 is 9.84 Å². The van der Waals surface area contributed by atoms with Crippen LogP contribution in [0.15, 0.2) is 58.6 Å². The van der Waals surface area contributed by atoms with Crippen molar-refractivity contribution in [3.05, 3.63) is 70.4 Å². The highest BCUT2D eigenvalue weighted by atomic mass is 32.2. The molecular weight excluding hydrogens is 466 g/mol. The number of sulfone groups is 1. The normalized spacial score (nSPS) is 16.6. The smallest absolute Gasteiger partial charge is 0.258 e. The molecule has 9 nitrogen and oxygen atoms in total. The fourth-order valence-electron chi connectivity index (χ4n) is 4.23. The van der Waals surface area contributed by atoms with E-state index in [-0.39, 0.29) is 27.9 Å². The number of hydrogen-bond acceptors (Lipinski definition) is 8. The van der Waals surface area contributed by atoms with Crippen LogP contribution in [0.5, 0.6) is 5.75 Å². The van der Waals surface area contributed by atoms with Crippen LogP contribution < -0.4 is 15.2 Å². The molecule has 1 aliphatic carbocycles. The molecule has 2 aliphatic rings. The monoisotopic (exact) mass is 491 g/mol.